The van der Waals surface area contributed by atoms with E-state index in [-0.39, 0.29) is 18.2 Å². The van der Waals surface area contributed by atoms with Crippen molar-refractivity contribution in [1.82, 2.24) is 15.1 Å². The van der Waals surface area contributed by atoms with Gasteiger partial charge in [-0.25, -0.2) is 0 Å². The standard InChI is InChI=1S/C14H9N3O4/c18-13-9(2-1-5-15-13)14-16-12(17-21-14)8-3-4-10-11(6-8)20-7-19-10/h1-6H,7H2,(H,15,18). The largest absolute Gasteiger partial charge is 0.454 e. The summed E-state index contributed by atoms with van der Waals surface area (Å²) in [5.74, 6) is 1.87. The van der Waals surface area contributed by atoms with Crippen LogP contribution in [-0.2, 0) is 0 Å². The first-order chi connectivity index (χ1) is 10.3. The fraction of sp³-hybridized carbons (Fsp3) is 0.0714. The van der Waals surface area contributed by atoms with Gasteiger partial charge in [-0.15, -0.1) is 0 Å². The van der Waals surface area contributed by atoms with E-state index in [1.54, 1.807) is 36.5 Å². The lowest BCUT2D eigenvalue weighted by molar-refractivity contribution is 0.174. The summed E-state index contributed by atoms with van der Waals surface area (Å²) in [6, 6.07) is 8.67. The second-order valence-electron chi connectivity index (χ2n) is 4.40. The van der Waals surface area contributed by atoms with Crippen molar-refractivity contribution in [3.05, 3.63) is 46.9 Å². The van der Waals surface area contributed by atoms with E-state index >= 15 is 0 Å². The van der Waals surface area contributed by atoms with Crippen LogP contribution in [0.2, 0.25) is 0 Å². The maximum Gasteiger partial charge on any atom is 0.263 e. The second-order valence-corrected chi connectivity index (χ2v) is 4.40. The zero-order chi connectivity index (χ0) is 14.2. The van der Waals surface area contributed by atoms with Gasteiger partial charge in [0.2, 0.25) is 12.6 Å². The molecule has 1 aliphatic rings. The van der Waals surface area contributed by atoms with E-state index < -0.39 is 0 Å². The number of benzene rings is 1. The molecule has 0 saturated heterocycles. The van der Waals surface area contributed by atoms with Crippen molar-refractivity contribution >= 4 is 0 Å². The molecule has 0 amide bonds. The summed E-state index contributed by atoms with van der Waals surface area (Å²) >= 11 is 0. The van der Waals surface area contributed by atoms with E-state index in [1.807, 2.05) is 0 Å². The summed E-state index contributed by atoms with van der Waals surface area (Å²) < 4.78 is 15.7. The fourth-order valence-electron chi connectivity index (χ4n) is 2.08. The lowest BCUT2D eigenvalue weighted by atomic mass is 10.2. The molecule has 0 aliphatic carbocycles. The van der Waals surface area contributed by atoms with Crippen LogP contribution in [0.4, 0.5) is 0 Å². The predicted molar refractivity (Wildman–Crippen MR) is 71.9 cm³/mol. The quantitative estimate of drug-likeness (QED) is 0.771. The minimum Gasteiger partial charge on any atom is -0.454 e. The van der Waals surface area contributed by atoms with E-state index in [0.29, 0.717) is 22.9 Å². The molecule has 3 aromatic rings. The Morgan fingerprint density at radius 3 is 2.95 bits per heavy atom. The zero-order valence-electron chi connectivity index (χ0n) is 10.7. The monoisotopic (exact) mass is 283 g/mol. The molecular formula is C14H9N3O4. The van der Waals surface area contributed by atoms with E-state index in [9.17, 15) is 4.79 Å². The third-order valence-electron chi connectivity index (χ3n) is 3.11. The highest BCUT2D eigenvalue weighted by Gasteiger charge is 2.17. The molecule has 21 heavy (non-hydrogen) atoms. The van der Waals surface area contributed by atoms with E-state index in [1.165, 1.54) is 0 Å². The van der Waals surface area contributed by atoms with Crippen molar-refractivity contribution in [3.63, 3.8) is 0 Å². The third-order valence-corrected chi connectivity index (χ3v) is 3.11. The van der Waals surface area contributed by atoms with Crippen LogP contribution in [0.15, 0.2) is 45.8 Å². The number of nitrogens with one attached hydrogen (secondary N) is 1. The van der Waals surface area contributed by atoms with Gasteiger partial charge in [-0.2, -0.15) is 4.98 Å². The fourth-order valence-corrected chi connectivity index (χ4v) is 2.08. The SMILES string of the molecule is O=c1[nH]cccc1-c1nc(-c2ccc3c(c2)OCO3)no1. The van der Waals surface area contributed by atoms with Crippen molar-refractivity contribution in [2.75, 3.05) is 6.79 Å². The average molecular weight is 283 g/mol. The molecule has 2 aromatic heterocycles. The molecule has 0 saturated carbocycles. The molecule has 7 nitrogen and oxygen atoms in total. The molecule has 104 valence electrons. The number of rotatable bonds is 2. The number of ether oxygens (including phenoxy) is 2. The van der Waals surface area contributed by atoms with Gasteiger partial charge in [-0.05, 0) is 30.3 Å². The molecule has 7 heteroatoms. The number of pyridine rings is 1. The minimum absolute atomic E-state index is 0.171. The topological polar surface area (TPSA) is 90.2 Å². The minimum atomic E-state index is -0.279. The van der Waals surface area contributed by atoms with E-state index in [2.05, 4.69) is 15.1 Å². The Kier molecular flexibility index (Phi) is 2.50. The molecule has 0 unspecified atom stereocenters. The molecule has 4 rings (SSSR count). The zero-order valence-corrected chi connectivity index (χ0v) is 10.7. The highest BCUT2D eigenvalue weighted by molar-refractivity contribution is 5.63. The number of hydrogen-bond donors (Lipinski definition) is 1. The lowest BCUT2D eigenvalue weighted by Gasteiger charge is -1.97. The number of fused-ring (bicyclic) bond motifs is 1. The Balaban J connectivity index is 1.75. The Morgan fingerprint density at radius 1 is 1.14 bits per heavy atom. The predicted octanol–water partition coefficient (Wildman–Crippen LogP) is 1.82. The smallest absolute Gasteiger partial charge is 0.263 e. The number of nitrogens with zero attached hydrogens (tertiary/aromatic N) is 2. The second kappa shape index (κ2) is 4.48. The Morgan fingerprint density at radius 2 is 2.05 bits per heavy atom. The first kappa shape index (κ1) is 11.7. The number of H-pyrrole nitrogens is 1. The van der Waals surface area contributed by atoms with Crippen molar-refractivity contribution in [3.8, 4) is 34.3 Å². The van der Waals surface area contributed by atoms with Crippen LogP contribution >= 0.6 is 0 Å². The van der Waals surface area contributed by atoms with Crippen molar-refractivity contribution in [1.29, 1.82) is 0 Å². The van der Waals surface area contributed by atoms with Crippen LogP contribution in [0.1, 0.15) is 0 Å². The molecule has 0 atom stereocenters. The van der Waals surface area contributed by atoms with Gasteiger partial charge in [-0.1, -0.05) is 5.16 Å². The first-order valence-electron chi connectivity index (χ1n) is 6.23. The van der Waals surface area contributed by atoms with Crippen LogP contribution in [0.25, 0.3) is 22.8 Å². The third kappa shape index (κ3) is 1.95. The maximum atomic E-state index is 11.7. The summed E-state index contributed by atoms with van der Waals surface area (Å²) in [5.41, 5.74) is 0.775. The number of aromatic nitrogens is 3. The lowest BCUT2D eigenvalue weighted by Crippen LogP contribution is -2.06. The van der Waals surface area contributed by atoms with Crippen molar-refractivity contribution in [2.45, 2.75) is 0 Å². The van der Waals surface area contributed by atoms with Gasteiger partial charge in [0.25, 0.3) is 11.4 Å². The molecule has 0 bridgehead atoms. The summed E-state index contributed by atoms with van der Waals surface area (Å²) in [4.78, 5) is 18.5. The van der Waals surface area contributed by atoms with E-state index in [0.717, 1.165) is 5.56 Å². The summed E-state index contributed by atoms with van der Waals surface area (Å²) in [6.45, 7) is 0.204. The highest BCUT2D eigenvalue weighted by Crippen LogP contribution is 2.35. The molecule has 1 aromatic carbocycles. The van der Waals surface area contributed by atoms with Gasteiger partial charge in [0.05, 0.1) is 0 Å². The number of hydrogen-bond acceptors (Lipinski definition) is 6. The molecule has 0 radical (unpaired) electrons. The summed E-state index contributed by atoms with van der Waals surface area (Å²) in [5, 5.41) is 3.89. The first-order valence-corrected chi connectivity index (χ1v) is 6.23. The van der Waals surface area contributed by atoms with Gasteiger partial charge in [0.15, 0.2) is 11.5 Å². The Hall–Kier alpha value is -3.09. The molecule has 1 N–H and O–H groups in total. The van der Waals surface area contributed by atoms with Gasteiger partial charge >= 0.3 is 0 Å². The normalized spacial score (nSPS) is 12.6. The molecule has 0 spiro atoms. The average Bonchev–Trinajstić information content (AvgIpc) is 3.16. The molecule has 1 aliphatic heterocycles. The van der Waals surface area contributed by atoms with Crippen molar-refractivity contribution < 1.29 is 14.0 Å². The van der Waals surface area contributed by atoms with Gasteiger partial charge in [0, 0.05) is 11.8 Å². The Labute approximate surface area is 118 Å². The van der Waals surface area contributed by atoms with Crippen LogP contribution in [0.5, 0.6) is 11.5 Å². The Bertz CT molecular complexity index is 868. The van der Waals surface area contributed by atoms with Crippen LogP contribution in [-0.4, -0.2) is 21.9 Å². The molecular weight excluding hydrogens is 274 g/mol. The molecule has 0 fully saturated rings. The summed E-state index contributed by atoms with van der Waals surface area (Å²) in [7, 11) is 0. The van der Waals surface area contributed by atoms with Gasteiger partial charge < -0.3 is 19.0 Å². The maximum absolute atomic E-state index is 11.7. The van der Waals surface area contributed by atoms with Gasteiger partial charge in [0.1, 0.15) is 5.56 Å². The van der Waals surface area contributed by atoms with E-state index in [4.69, 9.17) is 14.0 Å². The van der Waals surface area contributed by atoms with Crippen LogP contribution in [0, 0.1) is 0 Å². The van der Waals surface area contributed by atoms with Crippen LogP contribution in [0.3, 0.4) is 0 Å². The van der Waals surface area contributed by atoms with Gasteiger partial charge in [-0.3, -0.25) is 4.79 Å². The summed E-state index contributed by atoms with van der Waals surface area (Å²) in [6.07, 6.45) is 1.54. The van der Waals surface area contributed by atoms with Crippen molar-refractivity contribution in [2.24, 2.45) is 0 Å². The highest BCUT2D eigenvalue weighted by atomic mass is 16.7. The van der Waals surface area contributed by atoms with Crippen LogP contribution < -0.4 is 15.0 Å². The molecule has 3 heterocycles. The number of aromatic amines is 1.